The second-order valence-electron chi connectivity index (χ2n) is 4.03. The number of aryl methyl sites for hydroxylation is 1. The molecule has 0 heterocycles. The van der Waals surface area contributed by atoms with E-state index in [1.807, 2.05) is 45.0 Å². The molecule has 0 saturated heterocycles. The Balaban J connectivity index is 2.84. The van der Waals surface area contributed by atoms with Gasteiger partial charge in [0, 0.05) is 11.3 Å². The molecule has 0 spiro atoms. The van der Waals surface area contributed by atoms with Gasteiger partial charge in [0.25, 0.3) is 5.91 Å². The molecule has 0 aliphatic heterocycles. The number of nitrogens with one attached hydrogen (secondary N) is 1. The summed E-state index contributed by atoms with van der Waals surface area (Å²) in [5.41, 5.74) is 3.91. The molecule has 0 aliphatic carbocycles. The summed E-state index contributed by atoms with van der Waals surface area (Å²) in [6.45, 7) is 7.90. The van der Waals surface area contributed by atoms with Crippen molar-refractivity contribution in [3.63, 3.8) is 0 Å². The van der Waals surface area contributed by atoms with E-state index in [1.54, 1.807) is 0 Å². The van der Waals surface area contributed by atoms with Crippen LogP contribution in [0.4, 0.5) is 5.69 Å². The van der Waals surface area contributed by atoms with Gasteiger partial charge in [-0.3, -0.25) is 4.79 Å². The summed E-state index contributed by atoms with van der Waals surface area (Å²) in [5, 5.41) is 2.93. The first-order chi connectivity index (χ1) is 7.56. The highest BCUT2D eigenvalue weighted by Gasteiger charge is 2.08. The number of hydrogen-bond donors (Lipinski definition) is 1. The summed E-state index contributed by atoms with van der Waals surface area (Å²) < 4.78 is 0. The highest BCUT2D eigenvalue weighted by molar-refractivity contribution is 6.04. The average Bonchev–Trinajstić information content (AvgIpc) is 2.30. The van der Waals surface area contributed by atoms with Gasteiger partial charge in [-0.15, -0.1) is 0 Å². The van der Waals surface area contributed by atoms with E-state index >= 15 is 0 Å². The number of anilines is 1. The Morgan fingerprint density at radius 1 is 1.25 bits per heavy atom. The number of benzene rings is 1. The molecule has 0 bridgehead atoms. The first kappa shape index (κ1) is 12.5. The van der Waals surface area contributed by atoms with Crippen LogP contribution in [0.5, 0.6) is 0 Å². The van der Waals surface area contributed by atoms with Crippen LogP contribution in [0.15, 0.2) is 35.4 Å². The second-order valence-corrected chi connectivity index (χ2v) is 4.03. The monoisotopic (exact) mass is 217 g/mol. The van der Waals surface area contributed by atoms with E-state index < -0.39 is 0 Å². The number of amides is 1. The molecule has 0 aromatic heterocycles. The largest absolute Gasteiger partial charge is 0.322 e. The lowest BCUT2D eigenvalue weighted by molar-refractivity contribution is -0.112. The minimum atomic E-state index is -0.00588. The summed E-state index contributed by atoms with van der Waals surface area (Å²) in [5.74, 6) is -0.00588. The van der Waals surface area contributed by atoms with Crippen LogP contribution in [0, 0.1) is 6.92 Å². The van der Waals surface area contributed by atoms with E-state index in [2.05, 4.69) is 12.2 Å². The van der Waals surface area contributed by atoms with Crippen molar-refractivity contribution in [2.75, 3.05) is 5.32 Å². The van der Waals surface area contributed by atoms with Gasteiger partial charge in [-0.25, -0.2) is 0 Å². The maximum absolute atomic E-state index is 11.9. The fraction of sp³-hybridized carbons (Fsp3) is 0.357. The molecule has 2 heteroatoms. The van der Waals surface area contributed by atoms with Gasteiger partial charge < -0.3 is 5.32 Å². The zero-order chi connectivity index (χ0) is 12.1. The van der Waals surface area contributed by atoms with Gasteiger partial charge in [0.15, 0.2) is 0 Å². The first-order valence-corrected chi connectivity index (χ1v) is 5.59. The minimum Gasteiger partial charge on any atom is -0.322 e. The van der Waals surface area contributed by atoms with Crippen LogP contribution in [0.25, 0.3) is 0 Å². The van der Waals surface area contributed by atoms with E-state index in [0.717, 1.165) is 28.8 Å². The predicted molar refractivity (Wildman–Crippen MR) is 68.5 cm³/mol. The Labute approximate surface area is 97.4 Å². The number of carbonyl (C=O) groups excluding carboxylic acids is 1. The standard InChI is InChI=1S/C14H19NO/c1-5-10(2)12(4)14(16)15-13-9-7-6-8-11(13)3/h6-9H,5H2,1-4H3,(H,15,16)/b12-10-. The molecule has 1 aromatic rings. The van der Waals surface area contributed by atoms with Gasteiger partial charge in [-0.1, -0.05) is 30.7 Å². The van der Waals surface area contributed by atoms with E-state index in [0.29, 0.717) is 0 Å². The number of rotatable bonds is 3. The topological polar surface area (TPSA) is 29.1 Å². The summed E-state index contributed by atoms with van der Waals surface area (Å²) in [6.07, 6.45) is 0.910. The lowest BCUT2D eigenvalue weighted by Crippen LogP contribution is -2.14. The molecule has 2 nitrogen and oxygen atoms in total. The SMILES string of the molecule is CC/C(C)=C(/C)C(=O)Nc1ccccc1C. The van der Waals surface area contributed by atoms with Crippen LogP contribution in [0.1, 0.15) is 32.8 Å². The van der Waals surface area contributed by atoms with E-state index in [-0.39, 0.29) is 5.91 Å². The molecule has 86 valence electrons. The number of para-hydroxylation sites is 1. The van der Waals surface area contributed by atoms with Crippen LogP contribution in [0.3, 0.4) is 0 Å². The third-order valence-electron chi connectivity index (χ3n) is 2.90. The third-order valence-corrected chi connectivity index (χ3v) is 2.90. The molecule has 1 rings (SSSR count). The van der Waals surface area contributed by atoms with E-state index in [4.69, 9.17) is 0 Å². The average molecular weight is 217 g/mol. The van der Waals surface area contributed by atoms with Gasteiger partial charge in [-0.2, -0.15) is 0 Å². The molecular weight excluding hydrogens is 198 g/mol. The molecule has 0 saturated carbocycles. The second kappa shape index (κ2) is 5.50. The predicted octanol–water partition coefficient (Wildman–Crippen LogP) is 3.68. The molecule has 0 unspecified atom stereocenters. The van der Waals surface area contributed by atoms with Crippen LogP contribution < -0.4 is 5.32 Å². The van der Waals surface area contributed by atoms with E-state index in [1.165, 1.54) is 0 Å². The van der Waals surface area contributed by atoms with Crippen molar-refractivity contribution in [2.45, 2.75) is 34.1 Å². The normalized spacial score (nSPS) is 12.0. The van der Waals surface area contributed by atoms with Crippen molar-refractivity contribution in [3.05, 3.63) is 41.0 Å². The van der Waals surface area contributed by atoms with Gasteiger partial charge in [0.2, 0.25) is 0 Å². The maximum Gasteiger partial charge on any atom is 0.251 e. The van der Waals surface area contributed by atoms with Crippen LogP contribution in [0.2, 0.25) is 0 Å². The molecular formula is C14H19NO. The zero-order valence-corrected chi connectivity index (χ0v) is 10.4. The van der Waals surface area contributed by atoms with Crippen molar-refractivity contribution in [3.8, 4) is 0 Å². The van der Waals surface area contributed by atoms with Crippen LogP contribution in [-0.4, -0.2) is 5.91 Å². The minimum absolute atomic E-state index is 0.00588. The van der Waals surface area contributed by atoms with Crippen molar-refractivity contribution in [1.29, 1.82) is 0 Å². The summed E-state index contributed by atoms with van der Waals surface area (Å²) in [4.78, 5) is 11.9. The Hall–Kier alpha value is -1.57. The molecule has 0 radical (unpaired) electrons. The number of allylic oxidation sites excluding steroid dienone is 1. The lowest BCUT2D eigenvalue weighted by atomic mass is 10.1. The Kier molecular flexibility index (Phi) is 4.29. The van der Waals surface area contributed by atoms with Crippen molar-refractivity contribution in [1.82, 2.24) is 0 Å². The molecule has 0 fully saturated rings. The summed E-state index contributed by atoms with van der Waals surface area (Å²) in [6, 6.07) is 7.79. The quantitative estimate of drug-likeness (QED) is 0.769. The van der Waals surface area contributed by atoms with Gasteiger partial charge in [-0.05, 0) is 38.8 Å². The molecule has 1 aromatic carbocycles. The molecule has 1 amide bonds. The Morgan fingerprint density at radius 3 is 2.44 bits per heavy atom. The van der Waals surface area contributed by atoms with Crippen LogP contribution in [-0.2, 0) is 4.79 Å². The maximum atomic E-state index is 11.9. The van der Waals surface area contributed by atoms with Gasteiger partial charge in [0.05, 0.1) is 0 Å². The van der Waals surface area contributed by atoms with Crippen molar-refractivity contribution < 1.29 is 4.79 Å². The smallest absolute Gasteiger partial charge is 0.251 e. The summed E-state index contributed by atoms with van der Waals surface area (Å²) in [7, 11) is 0. The lowest BCUT2D eigenvalue weighted by Gasteiger charge is -2.09. The highest BCUT2D eigenvalue weighted by atomic mass is 16.1. The van der Waals surface area contributed by atoms with Gasteiger partial charge in [0.1, 0.15) is 0 Å². The van der Waals surface area contributed by atoms with Crippen molar-refractivity contribution in [2.24, 2.45) is 0 Å². The summed E-state index contributed by atoms with van der Waals surface area (Å²) >= 11 is 0. The fourth-order valence-corrected chi connectivity index (χ4v) is 1.39. The fourth-order valence-electron chi connectivity index (χ4n) is 1.39. The molecule has 16 heavy (non-hydrogen) atoms. The Morgan fingerprint density at radius 2 is 1.88 bits per heavy atom. The zero-order valence-electron chi connectivity index (χ0n) is 10.4. The molecule has 0 aliphatic rings. The highest BCUT2D eigenvalue weighted by Crippen LogP contribution is 2.15. The number of carbonyl (C=O) groups is 1. The van der Waals surface area contributed by atoms with Crippen molar-refractivity contribution >= 4 is 11.6 Å². The number of hydrogen-bond acceptors (Lipinski definition) is 1. The van der Waals surface area contributed by atoms with Gasteiger partial charge >= 0.3 is 0 Å². The van der Waals surface area contributed by atoms with E-state index in [9.17, 15) is 4.79 Å². The first-order valence-electron chi connectivity index (χ1n) is 5.59. The molecule has 1 N–H and O–H groups in total. The Bertz CT molecular complexity index is 418. The molecule has 0 atom stereocenters. The van der Waals surface area contributed by atoms with Crippen LogP contribution >= 0.6 is 0 Å². The third kappa shape index (κ3) is 2.96.